The predicted octanol–water partition coefficient (Wildman–Crippen LogP) is 3.73. The molecule has 142 valence electrons. The second-order valence-corrected chi connectivity index (χ2v) is 7.03. The number of amides is 2. The standard InChI is InChI=1S/C22H25FN2O2/c1-3-16-9-6-7-15(2)21(16)24-22(27)18-13-20(26)25(14-18)12-11-17-8-4-5-10-19(17)23/h4-10,18H,3,11-14H2,1-2H3,(H,24,27). The van der Waals surface area contributed by atoms with Gasteiger partial charge in [0.2, 0.25) is 11.8 Å². The van der Waals surface area contributed by atoms with Crippen LogP contribution in [0.25, 0.3) is 0 Å². The maximum Gasteiger partial charge on any atom is 0.229 e. The Labute approximate surface area is 159 Å². The van der Waals surface area contributed by atoms with Gasteiger partial charge in [-0.1, -0.05) is 43.3 Å². The molecule has 1 heterocycles. The van der Waals surface area contributed by atoms with E-state index in [0.717, 1.165) is 23.2 Å². The van der Waals surface area contributed by atoms with Crippen molar-refractivity contribution in [3.63, 3.8) is 0 Å². The maximum atomic E-state index is 13.7. The summed E-state index contributed by atoms with van der Waals surface area (Å²) in [7, 11) is 0. The van der Waals surface area contributed by atoms with Crippen molar-refractivity contribution in [2.45, 2.75) is 33.1 Å². The second-order valence-electron chi connectivity index (χ2n) is 7.03. The average molecular weight is 368 g/mol. The van der Waals surface area contributed by atoms with E-state index >= 15 is 0 Å². The Balaban J connectivity index is 1.62. The summed E-state index contributed by atoms with van der Waals surface area (Å²) in [5, 5.41) is 3.02. The van der Waals surface area contributed by atoms with Crippen LogP contribution in [0.4, 0.5) is 10.1 Å². The minimum atomic E-state index is -0.373. The van der Waals surface area contributed by atoms with Crippen LogP contribution in [0.5, 0.6) is 0 Å². The molecule has 1 saturated heterocycles. The van der Waals surface area contributed by atoms with E-state index in [0.29, 0.717) is 25.1 Å². The Morgan fingerprint density at radius 2 is 1.93 bits per heavy atom. The topological polar surface area (TPSA) is 49.4 Å². The number of likely N-dealkylation sites (tertiary alicyclic amines) is 1. The highest BCUT2D eigenvalue weighted by molar-refractivity contribution is 5.98. The molecule has 1 unspecified atom stereocenters. The number of anilines is 1. The molecule has 2 aromatic carbocycles. The number of aryl methyl sites for hydroxylation is 2. The Morgan fingerprint density at radius 3 is 2.67 bits per heavy atom. The zero-order chi connectivity index (χ0) is 19.4. The van der Waals surface area contributed by atoms with Gasteiger partial charge in [-0.2, -0.15) is 0 Å². The number of hydrogen-bond donors (Lipinski definition) is 1. The van der Waals surface area contributed by atoms with Gasteiger partial charge >= 0.3 is 0 Å². The number of benzene rings is 2. The van der Waals surface area contributed by atoms with Crippen molar-refractivity contribution in [3.05, 3.63) is 65.0 Å². The van der Waals surface area contributed by atoms with Crippen LogP contribution >= 0.6 is 0 Å². The number of nitrogens with one attached hydrogen (secondary N) is 1. The van der Waals surface area contributed by atoms with Crippen molar-refractivity contribution in [2.24, 2.45) is 5.92 Å². The van der Waals surface area contributed by atoms with Gasteiger partial charge in [0.25, 0.3) is 0 Å². The number of carbonyl (C=O) groups is 2. The smallest absolute Gasteiger partial charge is 0.229 e. The summed E-state index contributed by atoms with van der Waals surface area (Å²) in [4.78, 5) is 26.7. The van der Waals surface area contributed by atoms with E-state index in [-0.39, 0.29) is 30.0 Å². The van der Waals surface area contributed by atoms with Crippen LogP contribution < -0.4 is 5.32 Å². The molecule has 0 aromatic heterocycles. The second kappa shape index (κ2) is 8.33. The van der Waals surface area contributed by atoms with Gasteiger partial charge in [-0.15, -0.1) is 0 Å². The lowest BCUT2D eigenvalue weighted by Crippen LogP contribution is -2.30. The fourth-order valence-electron chi connectivity index (χ4n) is 3.55. The third-order valence-electron chi connectivity index (χ3n) is 5.18. The van der Waals surface area contributed by atoms with Crippen LogP contribution in [0.15, 0.2) is 42.5 Å². The molecular weight excluding hydrogens is 343 g/mol. The highest BCUT2D eigenvalue weighted by atomic mass is 19.1. The third-order valence-corrected chi connectivity index (χ3v) is 5.18. The van der Waals surface area contributed by atoms with Crippen LogP contribution in [0.3, 0.4) is 0 Å². The van der Waals surface area contributed by atoms with E-state index < -0.39 is 0 Å². The number of nitrogens with zero attached hydrogens (tertiary/aromatic N) is 1. The third kappa shape index (κ3) is 4.35. The van der Waals surface area contributed by atoms with E-state index in [4.69, 9.17) is 0 Å². The first-order chi connectivity index (χ1) is 13.0. The molecule has 1 atom stereocenters. The predicted molar refractivity (Wildman–Crippen MR) is 104 cm³/mol. The van der Waals surface area contributed by atoms with Crippen LogP contribution in [0.2, 0.25) is 0 Å². The van der Waals surface area contributed by atoms with Gasteiger partial charge in [0.15, 0.2) is 0 Å². The van der Waals surface area contributed by atoms with E-state index in [2.05, 4.69) is 5.32 Å². The summed E-state index contributed by atoms with van der Waals surface area (Å²) in [5.41, 5.74) is 3.54. The molecule has 0 aliphatic carbocycles. The quantitative estimate of drug-likeness (QED) is 0.845. The van der Waals surface area contributed by atoms with Crippen molar-refractivity contribution in [2.75, 3.05) is 18.4 Å². The summed E-state index contributed by atoms with van der Waals surface area (Å²) in [6.07, 6.45) is 1.48. The van der Waals surface area contributed by atoms with Crippen LogP contribution in [0, 0.1) is 18.7 Å². The SMILES string of the molecule is CCc1cccc(C)c1NC(=O)C1CC(=O)N(CCc2ccccc2F)C1. The van der Waals surface area contributed by atoms with Crippen molar-refractivity contribution in [3.8, 4) is 0 Å². The zero-order valence-electron chi connectivity index (χ0n) is 15.8. The molecule has 0 saturated carbocycles. The summed E-state index contributed by atoms with van der Waals surface area (Å²) in [6.45, 7) is 4.82. The molecule has 4 nitrogen and oxygen atoms in total. The number of halogens is 1. The Bertz CT molecular complexity index is 850. The van der Waals surface area contributed by atoms with Gasteiger partial charge in [-0.3, -0.25) is 9.59 Å². The van der Waals surface area contributed by atoms with Gasteiger partial charge in [0, 0.05) is 25.2 Å². The Kier molecular flexibility index (Phi) is 5.89. The van der Waals surface area contributed by atoms with Gasteiger partial charge in [-0.25, -0.2) is 4.39 Å². The van der Waals surface area contributed by atoms with Gasteiger partial charge in [0.1, 0.15) is 5.82 Å². The normalized spacial score (nSPS) is 16.6. The van der Waals surface area contributed by atoms with Gasteiger partial charge in [0.05, 0.1) is 5.92 Å². The molecule has 1 aliphatic heterocycles. The molecular formula is C22H25FN2O2. The number of hydrogen-bond acceptors (Lipinski definition) is 2. The van der Waals surface area contributed by atoms with Crippen LogP contribution in [-0.4, -0.2) is 29.8 Å². The summed E-state index contributed by atoms with van der Waals surface area (Å²) >= 11 is 0. The van der Waals surface area contributed by atoms with Gasteiger partial charge in [-0.05, 0) is 42.5 Å². The lowest BCUT2D eigenvalue weighted by molar-refractivity contribution is -0.128. The molecule has 27 heavy (non-hydrogen) atoms. The van der Waals surface area contributed by atoms with E-state index in [1.165, 1.54) is 6.07 Å². The maximum absolute atomic E-state index is 13.7. The summed E-state index contributed by atoms with van der Waals surface area (Å²) < 4.78 is 13.7. The minimum Gasteiger partial charge on any atom is -0.342 e. The lowest BCUT2D eigenvalue weighted by atomic mass is 10.0. The largest absolute Gasteiger partial charge is 0.342 e. The van der Waals surface area contributed by atoms with Crippen molar-refractivity contribution < 1.29 is 14.0 Å². The molecule has 0 spiro atoms. The fourth-order valence-corrected chi connectivity index (χ4v) is 3.55. The zero-order valence-corrected chi connectivity index (χ0v) is 15.8. The molecule has 1 N–H and O–H groups in total. The van der Waals surface area contributed by atoms with Crippen molar-refractivity contribution in [1.82, 2.24) is 4.90 Å². The molecule has 2 aromatic rings. The monoisotopic (exact) mass is 368 g/mol. The first kappa shape index (κ1) is 19.1. The summed E-state index contributed by atoms with van der Waals surface area (Å²) in [5.74, 6) is -0.805. The molecule has 5 heteroatoms. The van der Waals surface area contributed by atoms with Crippen LogP contribution in [0.1, 0.15) is 30.0 Å². The molecule has 1 fully saturated rings. The minimum absolute atomic E-state index is 0.0491. The first-order valence-corrected chi connectivity index (χ1v) is 9.40. The van der Waals surface area contributed by atoms with Gasteiger partial charge < -0.3 is 10.2 Å². The molecule has 0 bridgehead atoms. The number of rotatable bonds is 6. The van der Waals surface area contributed by atoms with Crippen LogP contribution in [-0.2, 0) is 22.4 Å². The summed E-state index contributed by atoms with van der Waals surface area (Å²) in [6, 6.07) is 12.5. The number of para-hydroxylation sites is 1. The first-order valence-electron chi connectivity index (χ1n) is 9.40. The molecule has 2 amide bonds. The fraction of sp³-hybridized carbons (Fsp3) is 0.364. The van der Waals surface area contributed by atoms with E-state index in [1.54, 1.807) is 23.1 Å². The highest BCUT2D eigenvalue weighted by Crippen LogP contribution is 2.25. The molecule has 3 rings (SSSR count). The van der Waals surface area contributed by atoms with Crippen molar-refractivity contribution >= 4 is 17.5 Å². The molecule has 1 aliphatic rings. The average Bonchev–Trinajstić information content (AvgIpc) is 3.03. The Morgan fingerprint density at radius 1 is 1.19 bits per heavy atom. The van der Waals surface area contributed by atoms with Crippen molar-refractivity contribution in [1.29, 1.82) is 0 Å². The number of carbonyl (C=O) groups excluding carboxylic acids is 2. The van der Waals surface area contributed by atoms with E-state index in [1.807, 2.05) is 32.0 Å². The lowest BCUT2D eigenvalue weighted by Gasteiger charge is -2.18. The van der Waals surface area contributed by atoms with E-state index in [9.17, 15) is 14.0 Å². The highest BCUT2D eigenvalue weighted by Gasteiger charge is 2.34. The Hall–Kier alpha value is -2.69. The molecule has 0 radical (unpaired) electrons.